The molecule has 0 atom stereocenters. The smallest absolute Gasteiger partial charge is 0.129 e. The third kappa shape index (κ3) is 4.15. The highest BCUT2D eigenvalue weighted by Gasteiger charge is 2.14. The molecule has 0 unspecified atom stereocenters. The molecule has 120 valence electrons. The Morgan fingerprint density at radius 2 is 2.13 bits per heavy atom. The highest BCUT2D eigenvalue weighted by molar-refractivity contribution is 9.10. The summed E-state index contributed by atoms with van der Waals surface area (Å²) in [6.07, 6.45) is 1.03. The topological polar surface area (TPSA) is 24.4 Å². The van der Waals surface area contributed by atoms with Crippen LogP contribution in [0.1, 0.15) is 23.1 Å². The summed E-state index contributed by atoms with van der Waals surface area (Å²) in [7, 11) is 0. The number of amidine groups is 1. The van der Waals surface area contributed by atoms with Crippen LogP contribution in [0.5, 0.6) is 0 Å². The molecule has 2 aromatic carbocycles. The number of hydrogen-bond acceptors (Lipinski definition) is 3. The third-order valence-corrected chi connectivity index (χ3v) is 5.40. The second kappa shape index (κ2) is 7.49. The van der Waals surface area contributed by atoms with Gasteiger partial charge in [0.1, 0.15) is 11.7 Å². The van der Waals surface area contributed by atoms with Gasteiger partial charge in [-0.05, 0) is 54.8 Å². The molecule has 0 aromatic heterocycles. The van der Waals surface area contributed by atoms with Crippen LogP contribution in [0.2, 0.25) is 0 Å². The predicted octanol–water partition coefficient (Wildman–Crippen LogP) is 4.93. The molecule has 3 rings (SSSR count). The summed E-state index contributed by atoms with van der Waals surface area (Å²) in [6, 6.07) is 11.2. The normalized spacial score (nSPS) is 14.3. The number of nitrogens with one attached hydrogen (secondary N) is 1. The van der Waals surface area contributed by atoms with Crippen molar-refractivity contribution in [1.29, 1.82) is 0 Å². The van der Waals surface area contributed by atoms with Crippen molar-refractivity contribution in [3.05, 3.63) is 63.4 Å². The van der Waals surface area contributed by atoms with Gasteiger partial charge in [0.2, 0.25) is 0 Å². The standard InChI is InChI=1S/C18H18BrFN2S/c1-12-3-4-14(19)9-13(12)11-23-17-6-5-15(20)10-16(17)18-21-7-2-8-22-18/h3-6,9-10H,2,7-8,11H2,1H3,(H,21,22). The van der Waals surface area contributed by atoms with E-state index in [0.29, 0.717) is 0 Å². The van der Waals surface area contributed by atoms with Gasteiger partial charge in [0, 0.05) is 33.8 Å². The van der Waals surface area contributed by atoms with Crippen LogP contribution >= 0.6 is 27.7 Å². The molecule has 2 nitrogen and oxygen atoms in total. The van der Waals surface area contributed by atoms with Crippen molar-refractivity contribution in [2.24, 2.45) is 4.99 Å². The average molecular weight is 393 g/mol. The van der Waals surface area contributed by atoms with E-state index < -0.39 is 0 Å². The molecule has 0 saturated carbocycles. The van der Waals surface area contributed by atoms with Crippen LogP contribution in [0.25, 0.3) is 0 Å². The van der Waals surface area contributed by atoms with Gasteiger partial charge in [0.25, 0.3) is 0 Å². The van der Waals surface area contributed by atoms with Crippen molar-refractivity contribution < 1.29 is 4.39 Å². The quantitative estimate of drug-likeness (QED) is 0.745. The molecule has 0 fully saturated rings. The maximum atomic E-state index is 13.7. The summed E-state index contributed by atoms with van der Waals surface area (Å²) in [5.74, 6) is 1.43. The molecule has 0 amide bonds. The van der Waals surface area contributed by atoms with Gasteiger partial charge in [-0.2, -0.15) is 0 Å². The number of hydrogen-bond donors (Lipinski definition) is 1. The largest absolute Gasteiger partial charge is 0.370 e. The zero-order valence-electron chi connectivity index (χ0n) is 12.9. The van der Waals surface area contributed by atoms with Crippen LogP contribution in [0.15, 0.2) is 50.8 Å². The summed E-state index contributed by atoms with van der Waals surface area (Å²) in [6.45, 7) is 3.80. The van der Waals surface area contributed by atoms with Crippen LogP contribution in [-0.2, 0) is 5.75 Å². The lowest BCUT2D eigenvalue weighted by Gasteiger charge is -2.17. The van der Waals surface area contributed by atoms with E-state index in [1.54, 1.807) is 17.8 Å². The fourth-order valence-corrected chi connectivity index (χ4v) is 3.98. The average Bonchev–Trinajstić information content (AvgIpc) is 2.57. The Balaban J connectivity index is 1.85. The van der Waals surface area contributed by atoms with E-state index in [2.05, 4.69) is 45.3 Å². The van der Waals surface area contributed by atoms with Crippen LogP contribution in [-0.4, -0.2) is 18.9 Å². The molecule has 0 aliphatic carbocycles. The highest BCUT2D eigenvalue weighted by atomic mass is 79.9. The van der Waals surface area contributed by atoms with Crippen LogP contribution in [0.4, 0.5) is 4.39 Å². The Morgan fingerprint density at radius 1 is 1.26 bits per heavy atom. The molecule has 0 saturated heterocycles. The van der Waals surface area contributed by atoms with Crippen molar-refractivity contribution in [3.63, 3.8) is 0 Å². The molecule has 1 aliphatic heterocycles. The monoisotopic (exact) mass is 392 g/mol. The molecule has 0 bridgehead atoms. The lowest BCUT2D eigenvalue weighted by molar-refractivity contribution is 0.625. The van der Waals surface area contributed by atoms with Crippen molar-refractivity contribution >= 4 is 33.5 Å². The fraction of sp³-hybridized carbons (Fsp3) is 0.278. The van der Waals surface area contributed by atoms with E-state index in [1.165, 1.54) is 17.2 Å². The second-order valence-electron chi connectivity index (χ2n) is 5.51. The Hall–Kier alpha value is -1.33. The Morgan fingerprint density at radius 3 is 2.91 bits per heavy atom. The number of nitrogens with zero attached hydrogens (tertiary/aromatic N) is 1. The van der Waals surface area contributed by atoms with Crippen LogP contribution in [0.3, 0.4) is 0 Å². The van der Waals surface area contributed by atoms with Gasteiger partial charge in [-0.1, -0.05) is 22.0 Å². The Bertz CT molecular complexity index is 746. The zero-order valence-corrected chi connectivity index (χ0v) is 15.3. The number of benzene rings is 2. The maximum absolute atomic E-state index is 13.7. The lowest BCUT2D eigenvalue weighted by atomic mass is 10.1. The number of aryl methyl sites for hydroxylation is 1. The first-order chi connectivity index (χ1) is 11.1. The van der Waals surface area contributed by atoms with Crippen molar-refractivity contribution in [2.75, 3.05) is 13.1 Å². The summed E-state index contributed by atoms with van der Waals surface area (Å²) in [5.41, 5.74) is 3.40. The molecule has 5 heteroatoms. The van der Waals surface area contributed by atoms with E-state index in [1.807, 2.05) is 12.1 Å². The van der Waals surface area contributed by atoms with E-state index >= 15 is 0 Å². The lowest BCUT2D eigenvalue weighted by Crippen LogP contribution is -2.30. The van der Waals surface area contributed by atoms with Crippen molar-refractivity contribution in [3.8, 4) is 0 Å². The minimum Gasteiger partial charge on any atom is -0.370 e. The van der Waals surface area contributed by atoms with Gasteiger partial charge < -0.3 is 5.32 Å². The molecule has 2 aromatic rings. The SMILES string of the molecule is Cc1ccc(Br)cc1CSc1ccc(F)cc1C1=NCCCN1. The summed E-state index contributed by atoms with van der Waals surface area (Å²) in [4.78, 5) is 5.56. The van der Waals surface area contributed by atoms with Gasteiger partial charge in [-0.15, -0.1) is 11.8 Å². The van der Waals surface area contributed by atoms with Gasteiger partial charge in [-0.25, -0.2) is 4.39 Å². The minimum absolute atomic E-state index is 0.224. The summed E-state index contributed by atoms with van der Waals surface area (Å²) >= 11 is 5.24. The summed E-state index contributed by atoms with van der Waals surface area (Å²) < 4.78 is 14.8. The van der Waals surface area contributed by atoms with Crippen LogP contribution in [0, 0.1) is 12.7 Å². The fourth-order valence-electron chi connectivity index (χ4n) is 2.48. The van der Waals surface area contributed by atoms with Gasteiger partial charge in [0.05, 0.1) is 0 Å². The molecule has 1 N–H and O–H groups in total. The summed E-state index contributed by atoms with van der Waals surface area (Å²) in [5, 5.41) is 3.28. The van der Waals surface area contributed by atoms with E-state index in [-0.39, 0.29) is 5.82 Å². The Labute approximate surface area is 148 Å². The molecular formula is C18H18BrFN2S. The first kappa shape index (κ1) is 16.5. The number of halogens is 2. The number of aliphatic imine (C=N–C) groups is 1. The van der Waals surface area contributed by atoms with E-state index in [9.17, 15) is 4.39 Å². The van der Waals surface area contributed by atoms with Gasteiger partial charge in [-0.3, -0.25) is 4.99 Å². The Kier molecular flexibility index (Phi) is 5.38. The van der Waals surface area contributed by atoms with Gasteiger partial charge >= 0.3 is 0 Å². The minimum atomic E-state index is -0.224. The maximum Gasteiger partial charge on any atom is 0.129 e. The number of thioether (sulfide) groups is 1. The highest BCUT2D eigenvalue weighted by Crippen LogP contribution is 2.29. The molecular weight excluding hydrogens is 375 g/mol. The van der Waals surface area contributed by atoms with Crippen molar-refractivity contribution in [1.82, 2.24) is 5.32 Å². The molecule has 1 heterocycles. The number of rotatable bonds is 4. The molecule has 23 heavy (non-hydrogen) atoms. The van der Waals surface area contributed by atoms with E-state index in [4.69, 9.17) is 0 Å². The second-order valence-corrected chi connectivity index (χ2v) is 7.44. The van der Waals surface area contributed by atoms with E-state index in [0.717, 1.165) is 46.0 Å². The molecule has 0 radical (unpaired) electrons. The first-order valence-electron chi connectivity index (χ1n) is 7.59. The third-order valence-electron chi connectivity index (χ3n) is 3.79. The first-order valence-corrected chi connectivity index (χ1v) is 9.37. The molecule has 1 aliphatic rings. The zero-order chi connectivity index (χ0) is 16.2. The predicted molar refractivity (Wildman–Crippen MR) is 98.9 cm³/mol. The van der Waals surface area contributed by atoms with Crippen molar-refractivity contribution in [2.45, 2.75) is 24.0 Å². The van der Waals surface area contributed by atoms with Gasteiger partial charge in [0.15, 0.2) is 0 Å². The molecule has 0 spiro atoms. The van der Waals surface area contributed by atoms with Crippen LogP contribution < -0.4 is 5.32 Å².